The molecule has 1 aromatic rings. The van der Waals surface area contributed by atoms with E-state index in [4.69, 9.17) is 0 Å². The molecule has 0 amide bonds. The van der Waals surface area contributed by atoms with Crippen molar-refractivity contribution >= 4 is 11.8 Å². The molecule has 0 saturated heterocycles. The van der Waals surface area contributed by atoms with Crippen molar-refractivity contribution in [2.45, 2.75) is 44.0 Å². The molecular formula is C14H23NS. The third-order valence-corrected chi connectivity index (χ3v) is 3.96. The highest BCUT2D eigenvalue weighted by Crippen LogP contribution is 2.20. The van der Waals surface area contributed by atoms with Gasteiger partial charge in [0.2, 0.25) is 0 Å². The van der Waals surface area contributed by atoms with Crippen LogP contribution in [0, 0.1) is 6.92 Å². The normalized spacial score (nSPS) is 12.7. The van der Waals surface area contributed by atoms with E-state index in [2.05, 4.69) is 50.5 Å². The predicted octanol–water partition coefficient (Wildman–Crippen LogP) is 3.87. The van der Waals surface area contributed by atoms with Crippen molar-refractivity contribution in [1.82, 2.24) is 5.32 Å². The monoisotopic (exact) mass is 237 g/mol. The van der Waals surface area contributed by atoms with E-state index in [1.165, 1.54) is 35.5 Å². The smallest absolute Gasteiger partial charge is 0.0158 e. The summed E-state index contributed by atoms with van der Waals surface area (Å²) in [6.45, 7) is 4.38. The summed E-state index contributed by atoms with van der Waals surface area (Å²) in [5, 5.41) is 3.40. The van der Waals surface area contributed by atoms with Crippen LogP contribution in [0.25, 0.3) is 0 Å². The van der Waals surface area contributed by atoms with Crippen LogP contribution in [0.4, 0.5) is 0 Å². The summed E-state index contributed by atoms with van der Waals surface area (Å²) in [4.78, 5) is 1.38. The third kappa shape index (κ3) is 5.04. The molecule has 90 valence electrons. The fraction of sp³-hybridized carbons (Fsp3) is 0.571. The first-order chi connectivity index (χ1) is 7.76. The lowest BCUT2D eigenvalue weighted by atomic mass is 10.1. The van der Waals surface area contributed by atoms with E-state index in [0.717, 1.165) is 0 Å². The van der Waals surface area contributed by atoms with E-state index in [1.54, 1.807) is 0 Å². The second kappa shape index (κ2) is 7.75. The fourth-order valence-corrected chi connectivity index (χ4v) is 2.65. The maximum Gasteiger partial charge on any atom is 0.0158 e. The van der Waals surface area contributed by atoms with Crippen LogP contribution in [0.15, 0.2) is 29.2 Å². The summed E-state index contributed by atoms with van der Waals surface area (Å²) in [6, 6.07) is 9.44. The Hall–Kier alpha value is -0.470. The standard InChI is InChI=1S/C14H23NS/c1-4-5-6-13(15-3)11-16-14-9-7-12(2)8-10-14/h7-10,13,15H,4-6,11H2,1-3H3. The van der Waals surface area contributed by atoms with Crippen LogP contribution in [0.1, 0.15) is 31.7 Å². The lowest BCUT2D eigenvalue weighted by Crippen LogP contribution is -2.27. The fourth-order valence-electron chi connectivity index (χ4n) is 1.59. The van der Waals surface area contributed by atoms with Gasteiger partial charge in [0.25, 0.3) is 0 Å². The van der Waals surface area contributed by atoms with Gasteiger partial charge in [0.05, 0.1) is 0 Å². The Bertz CT molecular complexity index is 281. The van der Waals surface area contributed by atoms with E-state index in [9.17, 15) is 0 Å². The summed E-state index contributed by atoms with van der Waals surface area (Å²) in [5.41, 5.74) is 1.33. The molecule has 1 atom stereocenters. The Morgan fingerprint density at radius 1 is 1.25 bits per heavy atom. The van der Waals surface area contributed by atoms with Gasteiger partial charge in [0.15, 0.2) is 0 Å². The van der Waals surface area contributed by atoms with Gasteiger partial charge in [0.1, 0.15) is 0 Å². The SMILES string of the molecule is CCCCC(CSc1ccc(C)cc1)NC. The first-order valence-corrected chi connectivity index (χ1v) is 7.11. The summed E-state index contributed by atoms with van der Waals surface area (Å²) in [7, 11) is 2.07. The van der Waals surface area contributed by atoms with Crippen molar-refractivity contribution in [2.75, 3.05) is 12.8 Å². The summed E-state index contributed by atoms with van der Waals surface area (Å²) >= 11 is 1.95. The number of nitrogens with one attached hydrogen (secondary N) is 1. The van der Waals surface area contributed by atoms with Crippen molar-refractivity contribution in [3.8, 4) is 0 Å². The minimum atomic E-state index is 0.645. The topological polar surface area (TPSA) is 12.0 Å². The molecular weight excluding hydrogens is 214 g/mol. The number of hydrogen-bond donors (Lipinski definition) is 1. The Balaban J connectivity index is 2.34. The van der Waals surface area contributed by atoms with Gasteiger partial charge in [-0.15, -0.1) is 11.8 Å². The summed E-state index contributed by atoms with van der Waals surface area (Å²) in [5.74, 6) is 1.17. The van der Waals surface area contributed by atoms with Crippen molar-refractivity contribution in [3.63, 3.8) is 0 Å². The zero-order chi connectivity index (χ0) is 11.8. The average molecular weight is 237 g/mol. The maximum atomic E-state index is 3.40. The lowest BCUT2D eigenvalue weighted by molar-refractivity contribution is 0.544. The van der Waals surface area contributed by atoms with Crippen LogP contribution in [-0.2, 0) is 0 Å². The zero-order valence-electron chi connectivity index (χ0n) is 10.6. The minimum absolute atomic E-state index is 0.645. The summed E-state index contributed by atoms with van der Waals surface area (Å²) in [6.07, 6.45) is 3.89. The Labute approximate surface area is 104 Å². The van der Waals surface area contributed by atoms with Crippen LogP contribution in [0.2, 0.25) is 0 Å². The summed E-state index contributed by atoms with van der Waals surface area (Å²) < 4.78 is 0. The van der Waals surface area contributed by atoms with E-state index in [-0.39, 0.29) is 0 Å². The van der Waals surface area contributed by atoms with Crippen LogP contribution in [0.3, 0.4) is 0 Å². The molecule has 0 aromatic heterocycles. The Morgan fingerprint density at radius 2 is 1.94 bits per heavy atom. The van der Waals surface area contributed by atoms with Gasteiger partial charge < -0.3 is 5.32 Å². The molecule has 0 radical (unpaired) electrons. The molecule has 0 aliphatic carbocycles. The molecule has 1 aromatic carbocycles. The molecule has 1 nitrogen and oxygen atoms in total. The van der Waals surface area contributed by atoms with Crippen LogP contribution < -0.4 is 5.32 Å². The van der Waals surface area contributed by atoms with E-state index < -0.39 is 0 Å². The van der Waals surface area contributed by atoms with Gasteiger partial charge in [-0.05, 0) is 32.5 Å². The van der Waals surface area contributed by atoms with E-state index >= 15 is 0 Å². The molecule has 0 heterocycles. The van der Waals surface area contributed by atoms with Crippen molar-refractivity contribution in [3.05, 3.63) is 29.8 Å². The number of thioether (sulfide) groups is 1. The van der Waals surface area contributed by atoms with Crippen LogP contribution in [0.5, 0.6) is 0 Å². The number of hydrogen-bond acceptors (Lipinski definition) is 2. The van der Waals surface area contributed by atoms with Gasteiger partial charge in [-0.2, -0.15) is 0 Å². The predicted molar refractivity (Wildman–Crippen MR) is 74.3 cm³/mol. The van der Waals surface area contributed by atoms with E-state index in [1.807, 2.05) is 11.8 Å². The van der Waals surface area contributed by atoms with Gasteiger partial charge in [-0.1, -0.05) is 37.5 Å². The average Bonchev–Trinajstić information content (AvgIpc) is 2.32. The highest BCUT2D eigenvalue weighted by atomic mass is 32.2. The molecule has 0 spiro atoms. The van der Waals surface area contributed by atoms with Gasteiger partial charge >= 0.3 is 0 Å². The van der Waals surface area contributed by atoms with Crippen molar-refractivity contribution < 1.29 is 0 Å². The number of rotatable bonds is 7. The highest BCUT2D eigenvalue weighted by molar-refractivity contribution is 7.99. The van der Waals surface area contributed by atoms with E-state index in [0.29, 0.717) is 6.04 Å². The second-order valence-electron chi connectivity index (χ2n) is 4.25. The molecule has 0 saturated carbocycles. The van der Waals surface area contributed by atoms with Gasteiger partial charge in [-0.3, -0.25) is 0 Å². The molecule has 2 heteroatoms. The van der Waals surface area contributed by atoms with Crippen LogP contribution >= 0.6 is 11.8 Å². The Kier molecular flexibility index (Phi) is 6.58. The molecule has 0 fully saturated rings. The van der Waals surface area contributed by atoms with Crippen LogP contribution in [-0.4, -0.2) is 18.8 Å². The Morgan fingerprint density at radius 3 is 2.50 bits per heavy atom. The van der Waals surface area contributed by atoms with Gasteiger partial charge in [-0.25, -0.2) is 0 Å². The highest BCUT2D eigenvalue weighted by Gasteiger charge is 2.05. The quantitative estimate of drug-likeness (QED) is 0.723. The lowest BCUT2D eigenvalue weighted by Gasteiger charge is -2.15. The molecule has 0 bridgehead atoms. The number of unbranched alkanes of at least 4 members (excludes halogenated alkanes) is 1. The molecule has 0 aliphatic rings. The molecule has 1 N–H and O–H groups in total. The molecule has 0 aliphatic heterocycles. The zero-order valence-corrected chi connectivity index (χ0v) is 11.4. The molecule has 1 rings (SSSR count). The minimum Gasteiger partial charge on any atom is -0.316 e. The van der Waals surface area contributed by atoms with Gasteiger partial charge in [0, 0.05) is 16.7 Å². The first kappa shape index (κ1) is 13.6. The van der Waals surface area contributed by atoms with Crippen molar-refractivity contribution in [2.24, 2.45) is 0 Å². The number of benzene rings is 1. The second-order valence-corrected chi connectivity index (χ2v) is 5.35. The maximum absolute atomic E-state index is 3.40. The first-order valence-electron chi connectivity index (χ1n) is 6.13. The third-order valence-electron chi connectivity index (χ3n) is 2.79. The molecule has 16 heavy (non-hydrogen) atoms. The van der Waals surface area contributed by atoms with Crippen molar-refractivity contribution in [1.29, 1.82) is 0 Å². The molecule has 1 unspecified atom stereocenters. The largest absolute Gasteiger partial charge is 0.316 e. The number of aryl methyl sites for hydroxylation is 1.